The first-order valence-electron chi connectivity index (χ1n) is 22.5. The van der Waals surface area contributed by atoms with Gasteiger partial charge in [-0.2, -0.15) is 0 Å². The van der Waals surface area contributed by atoms with Crippen molar-refractivity contribution in [3.05, 3.63) is 107 Å². The van der Waals surface area contributed by atoms with E-state index in [0.29, 0.717) is 48.5 Å². The molecule has 2 aromatic heterocycles. The van der Waals surface area contributed by atoms with Crippen molar-refractivity contribution in [2.75, 3.05) is 26.3 Å². The van der Waals surface area contributed by atoms with Gasteiger partial charge in [-0.1, -0.05) is 72.5 Å². The highest BCUT2D eigenvalue weighted by molar-refractivity contribution is 5.91. The number of imidazole rings is 2. The Balaban J connectivity index is 0.747. The molecule has 3 saturated heterocycles. The third-order valence-corrected chi connectivity index (χ3v) is 12.2. The minimum absolute atomic E-state index is 0.0146. The smallest absolute Gasteiger partial charge is 0.250 e. The number of amides is 4. The van der Waals surface area contributed by atoms with E-state index in [9.17, 15) is 19.2 Å². The number of ether oxygens (including phenoxy) is 2. The largest absolute Gasteiger partial charge is 0.359 e. The van der Waals surface area contributed by atoms with Crippen molar-refractivity contribution in [2.45, 2.75) is 94.2 Å². The highest BCUT2D eigenvalue weighted by atomic mass is 16.6. The molecule has 5 aliphatic rings. The van der Waals surface area contributed by atoms with Crippen molar-refractivity contribution in [1.29, 1.82) is 0 Å². The first-order valence-corrected chi connectivity index (χ1v) is 22.5. The molecule has 2 aromatic carbocycles. The van der Waals surface area contributed by atoms with Gasteiger partial charge in [0.15, 0.2) is 0 Å². The maximum Gasteiger partial charge on any atom is 0.250 e. The van der Waals surface area contributed by atoms with Gasteiger partial charge >= 0.3 is 0 Å². The van der Waals surface area contributed by atoms with Gasteiger partial charge in [-0.3, -0.25) is 19.2 Å². The van der Waals surface area contributed by atoms with Crippen LogP contribution in [-0.4, -0.2) is 91.9 Å². The zero-order valence-corrected chi connectivity index (χ0v) is 36.0. The second-order valence-electron chi connectivity index (χ2n) is 17.1. The van der Waals surface area contributed by atoms with Crippen molar-refractivity contribution in [1.82, 2.24) is 40.4 Å². The van der Waals surface area contributed by atoms with Crippen LogP contribution >= 0.6 is 0 Å². The number of hydrogen-bond acceptors (Lipinski definition) is 8. The zero-order chi connectivity index (χ0) is 44.5. The molecule has 65 heavy (non-hydrogen) atoms. The summed E-state index contributed by atoms with van der Waals surface area (Å²) in [5.41, 5.74) is 2.69. The topological polar surface area (TPSA) is 175 Å². The highest BCUT2D eigenvalue weighted by Crippen LogP contribution is 2.36. The molecule has 0 bridgehead atoms. The highest BCUT2D eigenvalue weighted by Gasteiger charge is 2.40. The van der Waals surface area contributed by atoms with Crippen molar-refractivity contribution >= 4 is 23.6 Å². The minimum atomic E-state index is -0.763. The molecular weight excluding hydrogens is 821 g/mol. The molecule has 4 N–H and O–H groups in total. The van der Waals surface area contributed by atoms with Crippen LogP contribution in [0.15, 0.2) is 73.1 Å². The van der Waals surface area contributed by atoms with Crippen LogP contribution < -0.4 is 10.6 Å². The molecule has 3 aliphatic heterocycles. The van der Waals surface area contributed by atoms with Crippen LogP contribution in [0, 0.1) is 59.2 Å². The van der Waals surface area contributed by atoms with Crippen LogP contribution in [-0.2, 0) is 28.7 Å². The Morgan fingerprint density at radius 1 is 0.646 bits per heavy atom. The number of carbonyl (C=O) groups excluding carboxylic acids is 4. The lowest BCUT2D eigenvalue weighted by atomic mass is 10.0. The van der Waals surface area contributed by atoms with Gasteiger partial charge in [0.1, 0.15) is 47.3 Å². The average molecular weight is 871 g/mol. The predicted molar refractivity (Wildman–Crippen MR) is 238 cm³/mol. The molecule has 14 nitrogen and oxygen atoms in total. The number of rotatable bonds is 11. The van der Waals surface area contributed by atoms with Crippen LogP contribution in [0.5, 0.6) is 0 Å². The molecule has 5 fully saturated rings. The van der Waals surface area contributed by atoms with E-state index in [1.54, 1.807) is 17.3 Å². The Kier molecular flexibility index (Phi) is 13.4. The van der Waals surface area contributed by atoms with Gasteiger partial charge in [-0.05, 0) is 104 Å². The summed E-state index contributed by atoms with van der Waals surface area (Å²) in [5, 5.41) is 6.02. The predicted octanol–water partition coefficient (Wildman–Crippen LogP) is 4.58. The fourth-order valence-electron chi connectivity index (χ4n) is 8.48. The molecule has 2 saturated carbocycles. The third kappa shape index (κ3) is 11.0. The number of H-pyrrole nitrogens is 2. The summed E-state index contributed by atoms with van der Waals surface area (Å²) in [6.45, 7) is 1.60. The van der Waals surface area contributed by atoms with E-state index in [0.717, 1.165) is 62.5 Å². The van der Waals surface area contributed by atoms with E-state index >= 15 is 0 Å². The molecule has 2 unspecified atom stereocenters. The molecule has 4 amide bonds. The third-order valence-electron chi connectivity index (χ3n) is 12.2. The van der Waals surface area contributed by atoms with E-state index in [1.807, 2.05) is 65.6 Å². The van der Waals surface area contributed by atoms with Crippen LogP contribution in [0.3, 0.4) is 0 Å². The maximum absolute atomic E-state index is 14.0. The lowest BCUT2D eigenvalue weighted by molar-refractivity contribution is -0.138. The monoisotopic (exact) mass is 870 g/mol. The number of hydrogen-bond donors (Lipinski definition) is 4. The summed E-state index contributed by atoms with van der Waals surface area (Å²) in [6.07, 6.45) is 9.79. The van der Waals surface area contributed by atoms with Crippen molar-refractivity contribution in [2.24, 2.45) is 11.8 Å². The van der Waals surface area contributed by atoms with E-state index < -0.39 is 24.3 Å². The lowest BCUT2D eigenvalue weighted by Gasteiger charge is -2.28. The first kappa shape index (κ1) is 43.2. The summed E-state index contributed by atoms with van der Waals surface area (Å²) in [5.74, 6) is 24.4. The molecule has 14 heteroatoms. The SMILES string of the molecule is O=C(CC1CC1)N[C@@H](C(=O)N1CCC[C@H]1c1ncc(C#CC#CC#CC2COC(C#Cc3cnc([C@@H]4CCCN4C(=O)[C@H](NC(=O)C4CC4)c4ccccc4)[nH]3)CO2)[nH]1)c1ccccc1. The second-order valence-corrected chi connectivity index (χ2v) is 17.1. The maximum atomic E-state index is 14.0. The molecule has 0 spiro atoms. The average Bonchev–Trinajstić information content (AvgIpc) is 4.05. The number of carbonyl (C=O) groups is 4. The molecule has 330 valence electrons. The normalized spacial score (nSPS) is 22.0. The van der Waals surface area contributed by atoms with Crippen molar-refractivity contribution < 1.29 is 28.7 Å². The quantitative estimate of drug-likeness (QED) is 0.159. The van der Waals surface area contributed by atoms with Crippen molar-refractivity contribution in [3.63, 3.8) is 0 Å². The zero-order valence-electron chi connectivity index (χ0n) is 36.0. The van der Waals surface area contributed by atoms with Crippen LogP contribution in [0.4, 0.5) is 0 Å². The number of aromatic nitrogens is 4. The molecule has 0 radical (unpaired) electrons. The van der Waals surface area contributed by atoms with Crippen molar-refractivity contribution in [3.8, 4) is 47.4 Å². The number of benzene rings is 2. The summed E-state index contributed by atoms with van der Waals surface area (Å²) < 4.78 is 11.8. The van der Waals surface area contributed by atoms with Gasteiger partial charge in [-0.25, -0.2) is 9.97 Å². The number of nitrogens with one attached hydrogen (secondary N) is 4. The Morgan fingerprint density at radius 2 is 1.18 bits per heavy atom. The Morgan fingerprint density at radius 3 is 1.74 bits per heavy atom. The lowest BCUT2D eigenvalue weighted by Crippen LogP contribution is -2.43. The van der Waals surface area contributed by atoms with Crippen LogP contribution in [0.1, 0.15) is 116 Å². The van der Waals surface area contributed by atoms with E-state index in [2.05, 4.69) is 77.9 Å². The van der Waals surface area contributed by atoms with Gasteiger partial charge in [0.05, 0.1) is 37.7 Å². The van der Waals surface area contributed by atoms with E-state index in [1.165, 1.54) is 0 Å². The van der Waals surface area contributed by atoms with Gasteiger partial charge in [-0.15, -0.1) is 0 Å². The van der Waals surface area contributed by atoms with Crippen LogP contribution in [0.2, 0.25) is 0 Å². The molecular formula is C51H50N8O6. The summed E-state index contributed by atoms with van der Waals surface area (Å²) in [4.78, 5) is 72.8. The van der Waals surface area contributed by atoms with E-state index in [-0.39, 0.29) is 54.8 Å². The number of aromatic amines is 2. The van der Waals surface area contributed by atoms with Gasteiger partial charge in [0.25, 0.3) is 0 Å². The Hall–Kier alpha value is -7.10. The summed E-state index contributed by atoms with van der Waals surface area (Å²) >= 11 is 0. The molecule has 5 heterocycles. The number of nitrogens with zero attached hydrogens (tertiary/aromatic N) is 4. The fourth-order valence-corrected chi connectivity index (χ4v) is 8.48. The Labute approximate surface area is 378 Å². The fraction of sp³-hybridized carbons (Fsp3) is 0.412. The number of likely N-dealkylation sites (tertiary alicyclic amines) is 2. The van der Waals surface area contributed by atoms with Gasteiger partial charge in [0, 0.05) is 25.4 Å². The second kappa shape index (κ2) is 20.2. The van der Waals surface area contributed by atoms with Gasteiger partial charge in [0.2, 0.25) is 23.6 Å². The first-order chi connectivity index (χ1) is 31.9. The Bertz CT molecular complexity index is 2630. The molecule has 2 aliphatic carbocycles. The molecule has 6 atom stereocenters. The summed E-state index contributed by atoms with van der Waals surface area (Å²) in [6, 6.07) is 16.7. The van der Waals surface area contributed by atoms with Crippen LogP contribution in [0.25, 0.3) is 0 Å². The molecule has 9 rings (SSSR count). The van der Waals surface area contributed by atoms with E-state index in [4.69, 9.17) is 9.47 Å². The summed E-state index contributed by atoms with van der Waals surface area (Å²) in [7, 11) is 0. The standard InChI is InChI=1S/C51H50N8O6/c60-44(29-34-21-22-34)56-45(35-13-5-3-6-14-35)50(62)58-27-11-19-42(58)47-52-30-38(54-47)17-9-1-2-10-18-40-32-65-41(33-64-40)26-25-39-31-53-48(55-39)43-20-12-28-59(43)51(63)46(36-15-7-4-8-16-36)57-49(61)37-23-24-37/h3-8,13-16,30-31,34,37,40-43,45-46H,11-12,19-24,27-29,32-33H2,(H,52,54)(H,53,55)(H,56,60)(H,57,61)/t40?,41?,42-,43-,45+,46+/m0/s1. The minimum Gasteiger partial charge on any atom is -0.359 e. The molecule has 4 aromatic rings. The van der Waals surface area contributed by atoms with Gasteiger partial charge < -0.3 is 39.9 Å².